The van der Waals surface area contributed by atoms with Gasteiger partial charge >= 0.3 is 0 Å². The third kappa shape index (κ3) is 6.75. The lowest BCUT2D eigenvalue weighted by Crippen LogP contribution is -1.97. The number of benzene rings is 3. The van der Waals surface area contributed by atoms with Gasteiger partial charge in [0.1, 0.15) is 5.75 Å². The number of unbranched alkanes of at least 4 members (excludes halogenated alkanes) is 4. The molecule has 0 atom stereocenters. The van der Waals surface area contributed by atoms with Crippen molar-refractivity contribution in [1.29, 1.82) is 0 Å². The van der Waals surface area contributed by atoms with Gasteiger partial charge in [-0.2, -0.15) is 10.2 Å². The van der Waals surface area contributed by atoms with Crippen LogP contribution in [0.1, 0.15) is 39.0 Å². The summed E-state index contributed by atoms with van der Waals surface area (Å²) in [5.74, 6) is 0.929. The van der Waals surface area contributed by atoms with Gasteiger partial charge in [0.2, 0.25) is 0 Å². The molecule has 29 heavy (non-hydrogen) atoms. The van der Waals surface area contributed by atoms with E-state index < -0.39 is 0 Å². The summed E-state index contributed by atoms with van der Waals surface area (Å²) in [7, 11) is 0. The Balaban J connectivity index is 1.52. The Morgan fingerprint density at radius 1 is 0.655 bits per heavy atom. The molecule has 3 aromatic carbocycles. The van der Waals surface area contributed by atoms with E-state index in [1.807, 2.05) is 48.5 Å². The third-order valence-corrected chi connectivity index (χ3v) is 4.75. The second-order valence-electron chi connectivity index (χ2n) is 7.13. The molecule has 0 saturated heterocycles. The monoisotopic (exact) mass is 387 g/mol. The lowest BCUT2D eigenvalue weighted by atomic mass is 10.1. The second-order valence-corrected chi connectivity index (χ2v) is 7.13. The van der Waals surface area contributed by atoms with Gasteiger partial charge in [-0.15, -0.1) is 0 Å². The van der Waals surface area contributed by atoms with Gasteiger partial charge < -0.3 is 10.5 Å². The van der Waals surface area contributed by atoms with Crippen LogP contribution in [0.2, 0.25) is 0 Å². The molecule has 0 unspecified atom stereocenters. The normalized spacial score (nSPS) is 11.1. The third-order valence-electron chi connectivity index (χ3n) is 4.75. The standard InChI is InChI=1S/C25H29N3O/c1-2-3-4-5-6-19-29-25-17-9-21(10-18-25)20-7-13-23(14-8-20)27-28-24-15-11-22(26)12-16-24/h7-18H,2-6,19,26H2,1H3/b28-27+. The van der Waals surface area contributed by atoms with Gasteiger partial charge in [0.25, 0.3) is 0 Å². The molecule has 0 aliphatic heterocycles. The number of azo groups is 1. The SMILES string of the molecule is CCCCCCCOc1ccc(-c2ccc(/N=N/c3ccc(N)cc3)cc2)cc1. The zero-order valence-corrected chi connectivity index (χ0v) is 17.1. The number of nitrogens with zero attached hydrogens (tertiary/aromatic N) is 2. The Hall–Kier alpha value is -3.14. The van der Waals surface area contributed by atoms with Crippen LogP contribution in [-0.4, -0.2) is 6.61 Å². The molecule has 0 aliphatic rings. The Bertz CT molecular complexity index is 885. The van der Waals surface area contributed by atoms with Crippen LogP contribution in [0.25, 0.3) is 11.1 Å². The van der Waals surface area contributed by atoms with E-state index >= 15 is 0 Å². The molecule has 0 fully saturated rings. The summed E-state index contributed by atoms with van der Waals surface area (Å²) in [4.78, 5) is 0. The summed E-state index contributed by atoms with van der Waals surface area (Å²) in [6, 6.07) is 23.6. The molecule has 0 aliphatic carbocycles. The zero-order chi connectivity index (χ0) is 20.3. The van der Waals surface area contributed by atoms with E-state index in [-0.39, 0.29) is 0 Å². The molecule has 4 heteroatoms. The van der Waals surface area contributed by atoms with Crippen molar-refractivity contribution in [2.24, 2.45) is 10.2 Å². The van der Waals surface area contributed by atoms with Gasteiger partial charge in [0.05, 0.1) is 18.0 Å². The van der Waals surface area contributed by atoms with Crippen molar-refractivity contribution in [3.05, 3.63) is 72.8 Å². The Morgan fingerprint density at radius 3 is 1.76 bits per heavy atom. The summed E-state index contributed by atoms with van der Waals surface area (Å²) in [5.41, 5.74) is 10.3. The minimum Gasteiger partial charge on any atom is -0.494 e. The van der Waals surface area contributed by atoms with Crippen LogP contribution in [0.15, 0.2) is 83.0 Å². The first kappa shape index (κ1) is 20.6. The highest BCUT2D eigenvalue weighted by molar-refractivity contribution is 5.66. The first-order valence-electron chi connectivity index (χ1n) is 10.3. The molecule has 150 valence electrons. The molecule has 3 rings (SSSR count). The van der Waals surface area contributed by atoms with Crippen molar-refractivity contribution in [2.45, 2.75) is 39.0 Å². The lowest BCUT2D eigenvalue weighted by molar-refractivity contribution is 0.304. The average Bonchev–Trinajstić information content (AvgIpc) is 2.77. The number of hydrogen-bond acceptors (Lipinski definition) is 4. The maximum atomic E-state index is 5.84. The first-order valence-corrected chi connectivity index (χ1v) is 10.3. The highest BCUT2D eigenvalue weighted by atomic mass is 16.5. The van der Waals surface area contributed by atoms with Gasteiger partial charge in [0.15, 0.2) is 0 Å². The number of nitrogen functional groups attached to an aromatic ring is 1. The fourth-order valence-corrected chi connectivity index (χ4v) is 3.02. The maximum absolute atomic E-state index is 5.84. The fourth-order valence-electron chi connectivity index (χ4n) is 3.02. The van der Waals surface area contributed by atoms with Gasteiger partial charge in [-0.25, -0.2) is 0 Å². The van der Waals surface area contributed by atoms with Crippen LogP contribution in [0.3, 0.4) is 0 Å². The molecule has 0 radical (unpaired) electrons. The van der Waals surface area contributed by atoms with E-state index in [0.717, 1.165) is 47.0 Å². The van der Waals surface area contributed by atoms with Gasteiger partial charge in [0, 0.05) is 5.69 Å². The molecule has 0 bridgehead atoms. The summed E-state index contributed by atoms with van der Waals surface area (Å²) < 4.78 is 5.84. The number of nitrogens with two attached hydrogens (primary N) is 1. The molecule has 0 spiro atoms. The summed E-state index contributed by atoms with van der Waals surface area (Å²) in [6.07, 6.45) is 6.25. The molecule has 0 aromatic heterocycles. The van der Waals surface area contributed by atoms with E-state index in [9.17, 15) is 0 Å². The predicted molar refractivity (Wildman–Crippen MR) is 121 cm³/mol. The van der Waals surface area contributed by atoms with E-state index in [4.69, 9.17) is 10.5 Å². The van der Waals surface area contributed by atoms with Crippen molar-refractivity contribution < 1.29 is 4.74 Å². The smallest absolute Gasteiger partial charge is 0.119 e. The quantitative estimate of drug-likeness (QED) is 0.220. The highest BCUT2D eigenvalue weighted by Gasteiger charge is 2.00. The molecule has 2 N–H and O–H groups in total. The van der Waals surface area contributed by atoms with Crippen molar-refractivity contribution in [2.75, 3.05) is 12.3 Å². The first-order chi connectivity index (χ1) is 14.2. The average molecular weight is 388 g/mol. The Kier molecular flexibility index (Phi) is 7.81. The fraction of sp³-hybridized carbons (Fsp3) is 0.280. The van der Waals surface area contributed by atoms with Crippen LogP contribution in [-0.2, 0) is 0 Å². The van der Waals surface area contributed by atoms with Crippen LogP contribution in [0.5, 0.6) is 5.75 Å². The maximum Gasteiger partial charge on any atom is 0.119 e. The Labute approximate surface area is 173 Å². The zero-order valence-electron chi connectivity index (χ0n) is 17.1. The minimum absolute atomic E-state index is 0.719. The number of hydrogen-bond donors (Lipinski definition) is 1. The van der Waals surface area contributed by atoms with Gasteiger partial charge in [-0.1, -0.05) is 56.9 Å². The largest absolute Gasteiger partial charge is 0.494 e. The second kappa shape index (κ2) is 11.0. The van der Waals surface area contributed by atoms with Crippen LogP contribution < -0.4 is 10.5 Å². The van der Waals surface area contributed by atoms with Crippen LogP contribution >= 0.6 is 0 Å². The summed E-state index contributed by atoms with van der Waals surface area (Å²) in [6.45, 7) is 3.02. The van der Waals surface area contributed by atoms with Crippen molar-refractivity contribution in [3.63, 3.8) is 0 Å². The molecule has 0 saturated carbocycles. The van der Waals surface area contributed by atoms with E-state index in [0.29, 0.717) is 0 Å². The van der Waals surface area contributed by atoms with Crippen molar-refractivity contribution in [3.8, 4) is 16.9 Å². The summed E-state index contributed by atoms with van der Waals surface area (Å²) >= 11 is 0. The lowest BCUT2D eigenvalue weighted by Gasteiger charge is -2.07. The predicted octanol–water partition coefficient (Wildman–Crippen LogP) is 7.70. The topological polar surface area (TPSA) is 60.0 Å². The minimum atomic E-state index is 0.719. The molecule has 0 heterocycles. The molecule has 3 aromatic rings. The van der Waals surface area contributed by atoms with E-state index in [2.05, 4.69) is 41.4 Å². The molecular formula is C25H29N3O. The molecule has 4 nitrogen and oxygen atoms in total. The van der Waals surface area contributed by atoms with Crippen LogP contribution in [0, 0.1) is 0 Å². The number of anilines is 1. The molecule has 0 amide bonds. The van der Waals surface area contributed by atoms with Crippen LogP contribution in [0.4, 0.5) is 17.1 Å². The number of rotatable bonds is 10. The van der Waals surface area contributed by atoms with Gasteiger partial charge in [-0.3, -0.25) is 0 Å². The van der Waals surface area contributed by atoms with Crippen molar-refractivity contribution in [1.82, 2.24) is 0 Å². The van der Waals surface area contributed by atoms with E-state index in [1.165, 1.54) is 25.7 Å². The van der Waals surface area contributed by atoms with Crippen molar-refractivity contribution >= 4 is 17.1 Å². The number of ether oxygens (including phenoxy) is 1. The molecular weight excluding hydrogens is 358 g/mol. The Morgan fingerprint density at radius 2 is 1.17 bits per heavy atom. The van der Waals surface area contributed by atoms with Gasteiger partial charge in [-0.05, 0) is 66.1 Å². The summed E-state index contributed by atoms with van der Waals surface area (Å²) in [5, 5.41) is 8.52. The highest BCUT2D eigenvalue weighted by Crippen LogP contribution is 2.26. The van der Waals surface area contributed by atoms with E-state index in [1.54, 1.807) is 0 Å².